The average Bonchev–Trinajstić information content (AvgIpc) is 2.53. The van der Waals surface area contributed by atoms with E-state index in [1.54, 1.807) is 18.2 Å². The highest BCUT2D eigenvalue weighted by molar-refractivity contribution is 9.10. The first-order valence-corrected chi connectivity index (χ1v) is 8.09. The van der Waals surface area contributed by atoms with Gasteiger partial charge in [-0.2, -0.15) is 0 Å². The molecule has 0 atom stereocenters. The summed E-state index contributed by atoms with van der Waals surface area (Å²) < 4.78 is 10.8. The molecule has 22 heavy (non-hydrogen) atoms. The maximum atomic E-state index is 12.1. The first-order chi connectivity index (χ1) is 10.5. The van der Waals surface area contributed by atoms with Crippen molar-refractivity contribution in [3.63, 3.8) is 0 Å². The monoisotopic (exact) mass is 369 g/mol. The predicted octanol–water partition coefficient (Wildman–Crippen LogP) is 2.87. The summed E-state index contributed by atoms with van der Waals surface area (Å²) >= 11 is 3.34. The normalized spacial score (nSPS) is 15.5. The number of nitrogens with zero attached hydrogens (tertiary/aromatic N) is 1. The third kappa shape index (κ3) is 4.22. The van der Waals surface area contributed by atoms with E-state index in [1.165, 1.54) is 7.11 Å². The molecule has 1 aromatic rings. The Kier molecular flexibility index (Phi) is 5.83. The lowest BCUT2D eigenvalue weighted by Gasteiger charge is -2.30. The SMILES string of the molecule is COC(=O)c1ccc(OCC(=O)N2CCC(C)CC2)c(Br)c1. The lowest BCUT2D eigenvalue weighted by molar-refractivity contribution is -0.134. The smallest absolute Gasteiger partial charge is 0.337 e. The summed E-state index contributed by atoms with van der Waals surface area (Å²) in [6, 6.07) is 4.88. The van der Waals surface area contributed by atoms with E-state index in [0.29, 0.717) is 21.7 Å². The minimum atomic E-state index is -0.411. The summed E-state index contributed by atoms with van der Waals surface area (Å²) in [5.74, 6) is 0.804. The second-order valence-corrected chi connectivity index (χ2v) is 6.34. The third-order valence-electron chi connectivity index (χ3n) is 3.84. The summed E-state index contributed by atoms with van der Waals surface area (Å²) in [7, 11) is 1.33. The van der Waals surface area contributed by atoms with Gasteiger partial charge in [0.2, 0.25) is 0 Å². The highest BCUT2D eigenvalue weighted by Crippen LogP contribution is 2.26. The summed E-state index contributed by atoms with van der Waals surface area (Å²) in [6.45, 7) is 3.81. The molecule has 0 N–H and O–H groups in total. The molecule has 1 aromatic carbocycles. The number of rotatable bonds is 4. The van der Waals surface area contributed by atoms with Crippen molar-refractivity contribution in [2.24, 2.45) is 5.92 Å². The van der Waals surface area contributed by atoms with Crippen LogP contribution in [0.25, 0.3) is 0 Å². The molecule has 0 saturated carbocycles. The maximum Gasteiger partial charge on any atom is 0.337 e. The van der Waals surface area contributed by atoms with E-state index in [2.05, 4.69) is 27.6 Å². The lowest BCUT2D eigenvalue weighted by Crippen LogP contribution is -2.40. The zero-order valence-electron chi connectivity index (χ0n) is 12.8. The predicted molar refractivity (Wildman–Crippen MR) is 86.0 cm³/mol. The first kappa shape index (κ1) is 16.8. The Balaban J connectivity index is 1.91. The van der Waals surface area contributed by atoms with Gasteiger partial charge in [-0.15, -0.1) is 0 Å². The number of carbonyl (C=O) groups excluding carboxylic acids is 2. The van der Waals surface area contributed by atoms with E-state index < -0.39 is 5.97 Å². The lowest BCUT2D eigenvalue weighted by atomic mass is 9.99. The Morgan fingerprint density at radius 1 is 1.32 bits per heavy atom. The number of hydrogen-bond donors (Lipinski definition) is 0. The fourth-order valence-electron chi connectivity index (χ4n) is 2.35. The van der Waals surface area contributed by atoms with Crippen LogP contribution in [0.15, 0.2) is 22.7 Å². The minimum Gasteiger partial charge on any atom is -0.483 e. The zero-order chi connectivity index (χ0) is 16.1. The van der Waals surface area contributed by atoms with Crippen molar-refractivity contribution in [2.45, 2.75) is 19.8 Å². The Labute approximate surface area is 138 Å². The molecule has 6 heteroatoms. The number of esters is 1. The van der Waals surface area contributed by atoms with E-state index in [-0.39, 0.29) is 12.5 Å². The van der Waals surface area contributed by atoms with Crippen molar-refractivity contribution in [1.29, 1.82) is 0 Å². The molecule has 2 rings (SSSR count). The molecule has 1 aliphatic heterocycles. The second kappa shape index (κ2) is 7.63. The Hall–Kier alpha value is -1.56. The zero-order valence-corrected chi connectivity index (χ0v) is 14.4. The molecule has 5 nitrogen and oxygen atoms in total. The molecular formula is C16H20BrNO4. The molecule has 0 bridgehead atoms. The van der Waals surface area contributed by atoms with Gasteiger partial charge in [-0.05, 0) is 52.9 Å². The molecule has 0 unspecified atom stereocenters. The van der Waals surface area contributed by atoms with E-state index in [1.807, 2.05) is 4.90 Å². The van der Waals surface area contributed by atoms with Gasteiger partial charge < -0.3 is 14.4 Å². The maximum absolute atomic E-state index is 12.1. The molecule has 1 amide bonds. The highest BCUT2D eigenvalue weighted by atomic mass is 79.9. The van der Waals surface area contributed by atoms with Crippen molar-refractivity contribution < 1.29 is 19.1 Å². The van der Waals surface area contributed by atoms with Crippen LogP contribution in [0.3, 0.4) is 0 Å². The molecule has 1 aliphatic rings. The number of carbonyl (C=O) groups is 2. The van der Waals surface area contributed by atoms with Crippen molar-refractivity contribution in [1.82, 2.24) is 4.90 Å². The quantitative estimate of drug-likeness (QED) is 0.765. The van der Waals surface area contributed by atoms with E-state index >= 15 is 0 Å². The molecule has 0 spiro atoms. The van der Waals surface area contributed by atoms with E-state index in [9.17, 15) is 9.59 Å². The van der Waals surface area contributed by atoms with Crippen LogP contribution < -0.4 is 4.74 Å². The van der Waals surface area contributed by atoms with Crippen molar-refractivity contribution in [3.05, 3.63) is 28.2 Å². The van der Waals surface area contributed by atoms with Gasteiger partial charge >= 0.3 is 5.97 Å². The largest absolute Gasteiger partial charge is 0.483 e. The van der Waals surface area contributed by atoms with Gasteiger partial charge in [-0.3, -0.25) is 4.79 Å². The number of benzene rings is 1. The van der Waals surface area contributed by atoms with Gasteiger partial charge in [0.15, 0.2) is 6.61 Å². The number of ether oxygens (including phenoxy) is 2. The fraction of sp³-hybridized carbons (Fsp3) is 0.500. The van der Waals surface area contributed by atoms with Gasteiger partial charge in [0.05, 0.1) is 17.1 Å². The van der Waals surface area contributed by atoms with Crippen molar-refractivity contribution >= 4 is 27.8 Å². The Bertz CT molecular complexity index is 553. The fourth-order valence-corrected chi connectivity index (χ4v) is 2.84. The number of hydrogen-bond acceptors (Lipinski definition) is 4. The molecule has 1 saturated heterocycles. The van der Waals surface area contributed by atoms with Crippen LogP contribution in [0.5, 0.6) is 5.75 Å². The summed E-state index contributed by atoms with van der Waals surface area (Å²) in [5.41, 5.74) is 0.429. The van der Waals surface area contributed by atoms with Crippen LogP contribution >= 0.6 is 15.9 Å². The number of amides is 1. The highest BCUT2D eigenvalue weighted by Gasteiger charge is 2.20. The number of piperidine rings is 1. The van der Waals surface area contributed by atoms with Gasteiger partial charge in [-0.1, -0.05) is 6.92 Å². The van der Waals surface area contributed by atoms with Gasteiger partial charge in [-0.25, -0.2) is 4.79 Å². The molecule has 120 valence electrons. The van der Waals surface area contributed by atoms with Gasteiger partial charge in [0, 0.05) is 13.1 Å². The van der Waals surface area contributed by atoms with Crippen LogP contribution in [0.1, 0.15) is 30.1 Å². The Morgan fingerprint density at radius 3 is 2.59 bits per heavy atom. The van der Waals surface area contributed by atoms with Gasteiger partial charge in [0.25, 0.3) is 5.91 Å². The summed E-state index contributed by atoms with van der Waals surface area (Å²) in [4.78, 5) is 25.4. The number of likely N-dealkylation sites (tertiary alicyclic amines) is 1. The first-order valence-electron chi connectivity index (χ1n) is 7.29. The molecular weight excluding hydrogens is 350 g/mol. The van der Waals surface area contributed by atoms with Crippen LogP contribution in [0.4, 0.5) is 0 Å². The van der Waals surface area contributed by atoms with Crippen LogP contribution in [0.2, 0.25) is 0 Å². The number of methoxy groups -OCH3 is 1. The summed E-state index contributed by atoms with van der Waals surface area (Å²) in [5, 5.41) is 0. The molecule has 0 aromatic heterocycles. The topological polar surface area (TPSA) is 55.8 Å². The van der Waals surface area contributed by atoms with Crippen molar-refractivity contribution in [3.8, 4) is 5.75 Å². The molecule has 1 fully saturated rings. The van der Waals surface area contributed by atoms with Crippen LogP contribution in [0, 0.1) is 5.92 Å². The van der Waals surface area contributed by atoms with Gasteiger partial charge in [0.1, 0.15) is 5.75 Å². The third-order valence-corrected chi connectivity index (χ3v) is 4.46. The summed E-state index contributed by atoms with van der Waals surface area (Å²) in [6.07, 6.45) is 2.09. The average molecular weight is 370 g/mol. The Morgan fingerprint density at radius 2 is 2.00 bits per heavy atom. The number of halogens is 1. The van der Waals surface area contributed by atoms with Crippen molar-refractivity contribution in [2.75, 3.05) is 26.8 Å². The molecule has 1 heterocycles. The second-order valence-electron chi connectivity index (χ2n) is 5.49. The van der Waals surface area contributed by atoms with Crippen LogP contribution in [-0.2, 0) is 9.53 Å². The standard InChI is InChI=1S/C16H20BrNO4/c1-11-5-7-18(8-6-11)15(19)10-22-14-4-3-12(9-13(14)17)16(20)21-2/h3-4,9,11H,5-8,10H2,1-2H3. The minimum absolute atomic E-state index is 0.00385. The van der Waals surface area contributed by atoms with E-state index in [4.69, 9.17) is 4.74 Å². The molecule has 0 radical (unpaired) electrons. The molecule has 0 aliphatic carbocycles. The van der Waals surface area contributed by atoms with Crippen LogP contribution in [-0.4, -0.2) is 43.6 Å². The van der Waals surface area contributed by atoms with E-state index in [0.717, 1.165) is 25.9 Å².